The Kier molecular flexibility index (Phi) is 2.53. The molecule has 2 aliphatic carbocycles. The first kappa shape index (κ1) is 10.8. The molecule has 2 aliphatic rings. The highest BCUT2D eigenvalue weighted by atomic mass is 31.0. The zero-order valence-electron chi connectivity index (χ0n) is 8.60. The topological polar surface area (TPSA) is 37.3 Å². The van der Waals surface area contributed by atoms with Gasteiger partial charge in [0.05, 0.1) is 0 Å². The molecule has 1 aromatic carbocycles. The molecule has 0 aromatic heterocycles. The van der Waals surface area contributed by atoms with Gasteiger partial charge in [-0.25, -0.2) is 0 Å². The van der Waals surface area contributed by atoms with Gasteiger partial charge in [0.15, 0.2) is 5.78 Å². The molecule has 0 aliphatic heterocycles. The van der Waals surface area contributed by atoms with Gasteiger partial charge in [0, 0.05) is 16.7 Å². The average Bonchev–Trinajstić information content (AvgIpc) is 2.24. The van der Waals surface area contributed by atoms with Gasteiger partial charge in [0.1, 0.15) is 5.75 Å². The molecule has 1 unspecified atom stereocenters. The fraction of sp³-hybridized carbons (Fsp3) is 0. The van der Waals surface area contributed by atoms with Crippen LogP contribution in [-0.4, -0.2) is 10.9 Å². The monoisotopic (exact) mass is 230 g/mol. The summed E-state index contributed by atoms with van der Waals surface area (Å²) in [5.74, 6) is 0.209. The summed E-state index contributed by atoms with van der Waals surface area (Å²) in [6.45, 7) is 0. The lowest BCUT2D eigenvalue weighted by molar-refractivity contribution is 0.103. The van der Waals surface area contributed by atoms with E-state index in [2.05, 4.69) is 0 Å². The molecule has 0 saturated heterocycles. The maximum Gasteiger partial charge on any atom is 0.193 e. The molecule has 1 N–H and O–H groups in total. The molecular weight excluding hydrogens is 219 g/mol. The summed E-state index contributed by atoms with van der Waals surface area (Å²) < 4.78 is 0. The number of phenols is 1. The van der Waals surface area contributed by atoms with Crippen molar-refractivity contribution in [1.82, 2.24) is 0 Å². The van der Waals surface area contributed by atoms with Gasteiger partial charge in [-0.1, -0.05) is 30.3 Å². The predicted octanol–water partition coefficient (Wildman–Crippen LogP) is 2.66. The minimum atomic E-state index is -0.0194. The Morgan fingerprint density at radius 1 is 1.06 bits per heavy atom. The number of hydrogen-bond donors (Lipinski definition) is 1. The van der Waals surface area contributed by atoms with Gasteiger partial charge >= 0.3 is 0 Å². The van der Waals surface area contributed by atoms with Crippen LogP contribution in [0.15, 0.2) is 42.5 Å². The summed E-state index contributed by atoms with van der Waals surface area (Å²) in [6, 6.07) is 12.6. The first-order valence-corrected chi connectivity index (χ1v) is 4.74. The standard InChI is InChI=1S/C13H8O2.H3P/c14-11-7-9-6-10(12(9)11)13(15)8-4-2-1-3-5-8;/h1-7,14H;1H3. The number of carbonyl (C=O) groups is 1. The fourth-order valence-corrected chi connectivity index (χ4v) is 1.84. The second-order valence-corrected chi connectivity index (χ2v) is 3.61. The molecule has 80 valence electrons. The van der Waals surface area contributed by atoms with Gasteiger partial charge < -0.3 is 5.11 Å². The Morgan fingerprint density at radius 3 is 2.31 bits per heavy atom. The van der Waals surface area contributed by atoms with Crippen LogP contribution in [0.25, 0.3) is 11.1 Å². The molecule has 0 saturated carbocycles. The highest BCUT2D eigenvalue weighted by molar-refractivity contribution is 6.92. The van der Waals surface area contributed by atoms with Gasteiger partial charge in [-0.3, -0.25) is 4.79 Å². The van der Waals surface area contributed by atoms with Crippen LogP contribution in [0.4, 0.5) is 0 Å². The number of rotatable bonds is 2. The first-order valence-electron chi connectivity index (χ1n) is 4.74. The number of aromatic hydroxyl groups is 1. The second-order valence-electron chi connectivity index (χ2n) is 3.61. The molecule has 0 heterocycles. The second kappa shape index (κ2) is 3.73. The molecule has 3 rings (SSSR count). The molecule has 0 amide bonds. The van der Waals surface area contributed by atoms with Gasteiger partial charge in [0.25, 0.3) is 0 Å². The Bertz CT molecular complexity index is 562. The molecule has 2 nitrogen and oxygen atoms in total. The van der Waals surface area contributed by atoms with Gasteiger partial charge in [-0.05, 0) is 17.7 Å². The van der Waals surface area contributed by atoms with Crippen molar-refractivity contribution < 1.29 is 9.90 Å². The first-order chi connectivity index (χ1) is 7.27. The van der Waals surface area contributed by atoms with Crippen LogP contribution in [0, 0.1) is 0 Å². The van der Waals surface area contributed by atoms with Crippen LogP contribution in [0.5, 0.6) is 5.75 Å². The van der Waals surface area contributed by atoms with Crippen molar-refractivity contribution in [3.05, 3.63) is 53.6 Å². The van der Waals surface area contributed by atoms with E-state index in [9.17, 15) is 9.90 Å². The number of benzene rings is 2. The molecule has 0 spiro atoms. The molecule has 16 heavy (non-hydrogen) atoms. The molecule has 0 fully saturated rings. The molecule has 1 aromatic rings. The van der Waals surface area contributed by atoms with E-state index in [1.165, 1.54) is 0 Å². The maximum atomic E-state index is 11.9. The third kappa shape index (κ3) is 1.35. The van der Waals surface area contributed by atoms with Gasteiger partial charge in [0.2, 0.25) is 0 Å². The van der Waals surface area contributed by atoms with Crippen LogP contribution in [0.1, 0.15) is 15.9 Å². The van der Waals surface area contributed by atoms with Crippen molar-refractivity contribution >= 4 is 15.7 Å². The number of fused-ring (bicyclic) bond motifs is 1. The average molecular weight is 230 g/mol. The highest BCUT2D eigenvalue weighted by Gasteiger charge is 2.27. The molecule has 0 radical (unpaired) electrons. The van der Waals surface area contributed by atoms with E-state index in [1.807, 2.05) is 24.3 Å². The molecule has 3 heteroatoms. The summed E-state index contributed by atoms with van der Waals surface area (Å²) in [5.41, 5.74) is 2.99. The Morgan fingerprint density at radius 2 is 1.75 bits per heavy atom. The Balaban J connectivity index is 0.000000963. The fourth-order valence-electron chi connectivity index (χ4n) is 1.84. The summed E-state index contributed by atoms with van der Waals surface area (Å²) in [6.07, 6.45) is 0. The van der Waals surface area contributed by atoms with E-state index < -0.39 is 0 Å². The van der Waals surface area contributed by atoms with Crippen molar-refractivity contribution in [2.75, 3.05) is 0 Å². The van der Waals surface area contributed by atoms with Crippen LogP contribution in [-0.2, 0) is 0 Å². The third-order valence-electron chi connectivity index (χ3n) is 2.69. The minimum absolute atomic E-state index is 0. The normalized spacial score (nSPS) is 10.5. The van der Waals surface area contributed by atoms with E-state index in [-0.39, 0.29) is 21.4 Å². The highest BCUT2D eigenvalue weighted by Crippen LogP contribution is 2.46. The van der Waals surface area contributed by atoms with E-state index in [4.69, 9.17) is 0 Å². The molecular formula is C13H11O2P. The lowest BCUT2D eigenvalue weighted by Crippen LogP contribution is -2.10. The Hall–Kier alpha value is -1.66. The lowest BCUT2D eigenvalue weighted by Gasteiger charge is -2.22. The SMILES string of the molecule is O=C(c1ccccc1)c1cc2cc(O)c1-2.P. The summed E-state index contributed by atoms with van der Waals surface area (Å²) in [7, 11) is 0. The molecule has 0 bridgehead atoms. The van der Waals surface area contributed by atoms with Crippen molar-refractivity contribution in [3.63, 3.8) is 0 Å². The zero-order valence-corrected chi connectivity index (χ0v) is 10.0. The van der Waals surface area contributed by atoms with E-state index >= 15 is 0 Å². The van der Waals surface area contributed by atoms with Crippen molar-refractivity contribution in [1.29, 1.82) is 0 Å². The minimum Gasteiger partial charge on any atom is -0.507 e. The van der Waals surface area contributed by atoms with Gasteiger partial charge in [-0.2, -0.15) is 9.90 Å². The third-order valence-corrected chi connectivity index (χ3v) is 2.69. The number of phenolic OH excluding ortho intramolecular Hbond substituents is 1. The van der Waals surface area contributed by atoms with E-state index in [0.29, 0.717) is 11.1 Å². The van der Waals surface area contributed by atoms with Crippen molar-refractivity contribution in [3.8, 4) is 16.9 Å². The zero-order chi connectivity index (χ0) is 10.4. The smallest absolute Gasteiger partial charge is 0.193 e. The quantitative estimate of drug-likeness (QED) is 0.542. The van der Waals surface area contributed by atoms with E-state index in [1.54, 1.807) is 18.2 Å². The Labute approximate surface area is 96.6 Å². The lowest BCUT2D eigenvalue weighted by atomic mass is 9.82. The van der Waals surface area contributed by atoms with Crippen LogP contribution in [0.3, 0.4) is 0 Å². The van der Waals surface area contributed by atoms with Crippen LogP contribution < -0.4 is 0 Å². The van der Waals surface area contributed by atoms with Crippen LogP contribution >= 0.6 is 9.90 Å². The van der Waals surface area contributed by atoms with Gasteiger partial charge in [-0.15, -0.1) is 0 Å². The van der Waals surface area contributed by atoms with Crippen LogP contribution in [0.2, 0.25) is 0 Å². The summed E-state index contributed by atoms with van der Waals surface area (Å²) in [5, 5.41) is 9.31. The number of ketones is 1. The summed E-state index contributed by atoms with van der Waals surface area (Å²) in [4.78, 5) is 11.9. The van der Waals surface area contributed by atoms with Crippen molar-refractivity contribution in [2.24, 2.45) is 0 Å². The molecule has 1 atom stereocenters. The summed E-state index contributed by atoms with van der Waals surface area (Å²) >= 11 is 0. The number of hydrogen-bond acceptors (Lipinski definition) is 2. The van der Waals surface area contributed by atoms with E-state index in [0.717, 1.165) is 11.1 Å². The largest absolute Gasteiger partial charge is 0.507 e. The predicted molar refractivity (Wildman–Crippen MR) is 68.1 cm³/mol. The van der Waals surface area contributed by atoms with Crippen molar-refractivity contribution in [2.45, 2.75) is 0 Å². The maximum absolute atomic E-state index is 11.9. The number of carbonyl (C=O) groups excluding carboxylic acids is 1.